The molecular formula is C9H11N3O. The summed E-state index contributed by atoms with van der Waals surface area (Å²) in [6, 6.07) is 0. The third-order valence-corrected chi connectivity index (χ3v) is 1.33. The van der Waals surface area contributed by atoms with Crippen molar-refractivity contribution in [2.75, 3.05) is 13.7 Å². The van der Waals surface area contributed by atoms with Gasteiger partial charge in [-0.1, -0.05) is 5.92 Å². The molecule has 0 amide bonds. The van der Waals surface area contributed by atoms with Gasteiger partial charge in [-0.3, -0.25) is 0 Å². The van der Waals surface area contributed by atoms with Gasteiger partial charge in [-0.2, -0.15) is 0 Å². The van der Waals surface area contributed by atoms with Crippen LogP contribution in [0.3, 0.4) is 0 Å². The second-order valence-corrected chi connectivity index (χ2v) is 2.25. The Morgan fingerprint density at radius 1 is 1.46 bits per heavy atom. The minimum absolute atomic E-state index is 0.451. The van der Waals surface area contributed by atoms with Gasteiger partial charge in [-0.25, -0.2) is 9.97 Å². The molecule has 1 aromatic heterocycles. The van der Waals surface area contributed by atoms with E-state index in [9.17, 15) is 0 Å². The molecule has 13 heavy (non-hydrogen) atoms. The zero-order valence-electron chi connectivity index (χ0n) is 7.45. The van der Waals surface area contributed by atoms with Crippen LogP contribution in [0.15, 0.2) is 12.4 Å². The largest absolute Gasteiger partial charge is 0.479 e. The van der Waals surface area contributed by atoms with Gasteiger partial charge in [0.15, 0.2) is 5.69 Å². The molecule has 0 radical (unpaired) electrons. The number of hydrogen-bond acceptors (Lipinski definition) is 4. The fraction of sp³-hybridized carbons (Fsp3) is 0.333. The summed E-state index contributed by atoms with van der Waals surface area (Å²) in [7, 11) is 1.54. The molecule has 0 atom stereocenters. The van der Waals surface area contributed by atoms with E-state index in [2.05, 4.69) is 21.8 Å². The van der Waals surface area contributed by atoms with E-state index in [4.69, 9.17) is 10.5 Å². The van der Waals surface area contributed by atoms with E-state index in [0.29, 0.717) is 24.5 Å². The quantitative estimate of drug-likeness (QED) is 0.655. The first-order valence-corrected chi connectivity index (χ1v) is 3.92. The van der Waals surface area contributed by atoms with E-state index in [1.165, 1.54) is 7.11 Å². The lowest BCUT2D eigenvalue weighted by molar-refractivity contribution is 0.394. The van der Waals surface area contributed by atoms with Crippen molar-refractivity contribution >= 4 is 0 Å². The summed E-state index contributed by atoms with van der Waals surface area (Å²) in [4.78, 5) is 7.98. The minimum Gasteiger partial charge on any atom is -0.479 e. The molecule has 0 saturated carbocycles. The van der Waals surface area contributed by atoms with Gasteiger partial charge in [0.2, 0.25) is 5.88 Å². The monoisotopic (exact) mass is 177 g/mol. The third-order valence-electron chi connectivity index (χ3n) is 1.33. The number of hydrogen-bond donors (Lipinski definition) is 1. The summed E-state index contributed by atoms with van der Waals surface area (Å²) >= 11 is 0. The smallest absolute Gasteiger partial charge is 0.248 e. The Morgan fingerprint density at radius 2 is 2.23 bits per heavy atom. The van der Waals surface area contributed by atoms with Crippen molar-refractivity contribution in [3.05, 3.63) is 18.1 Å². The zero-order valence-corrected chi connectivity index (χ0v) is 7.45. The molecule has 0 unspecified atom stereocenters. The maximum atomic E-state index is 5.29. The van der Waals surface area contributed by atoms with Crippen LogP contribution in [0.4, 0.5) is 0 Å². The normalized spacial score (nSPS) is 8.77. The van der Waals surface area contributed by atoms with Crippen molar-refractivity contribution < 1.29 is 4.74 Å². The van der Waals surface area contributed by atoms with Crippen LogP contribution in [0, 0.1) is 11.8 Å². The van der Waals surface area contributed by atoms with Gasteiger partial charge in [0.05, 0.1) is 7.11 Å². The van der Waals surface area contributed by atoms with Gasteiger partial charge in [0, 0.05) is 25.4 Å². The predicted octanol–water partition coefficient (Wildman–Crippen LogP) is 0.186. The van der Waals surface area contributed by atoms with Crippen LogP contribution in [0.2, 0.25) is 0 Å². The molecule has 1 aromatic rings. The van der Waals surface area contributed by atoms with Gasteiger partial charge in [0.1, 0.15) is 0 Å². The molecule has 0 aliphatic heterocycles. The number of nitrogens with two attached hydrogens (primary N) is 1. The summed E-state index contributed by atoms with van der Waals surface area (Å²) in [6.45, 7) is 0.551. The number of rotatable bonds is 2. The van der Waals surface area contributed by atoms with Crippen LogP contribution >= 0.6 is 0 Å². The van der Waals surface area contributed by atoms with Crippen LogP contribution < -0.4 is 10.5 Å². The van der Waals surface area contributed by atoms with Gasteiger partial charge in [-0.15, -0.1) is 0 Å². The van der Waals surface area contributed by atoms with Gasteiger partial charge in [0.25, 0.3) is 0 Å². The Morgan fingerprint density at radius 3 is 2.92 bits per heavy atom. The summed E-state index contributed by atoms with van der Waals surface area (Å²) in [6.07, 6.45) is 3.79. The highest BCUT2D eigenvalue weighted by Crippen LogP contribution is 2.07. The molecule has 0 fully saturated rings. The summed E-state index contributed by atoms with van der Waals surface area (Å²) in [5.41, 5.74) is 5.85. The lowest BCUT2D eigenvalue weighted by Crippen LogP contribution is -1.96. The Kier molecular flexibility index (Phi) is 3.74. The number of nitrogens with zero attached hydrogens (tertiary/aromatic N) is 2. The summed E-state index contributed by atoms with van der Waals surface area (Å²) < 4.78 is 4.97. The Bertz CT molecular complexity index is 327. The van der Waals surface area contributed by atoms with Gasteiger partial charge < -0.3 is 10.5 Å². The van der Waals surface area contributed by atoms with Crippen molar-refractivity contribution in [1.29, 1.82) is 0 Å². The standard InChI is InChI=1S/C9H11N3O/c1-13-9-8(4-2-3-5-10)11-6-7-12-9/h6-7H,3,5,10H2,1H3. The molecule has 0 spiro atoms. The van der Waals surface area contributed by atoms with Crippen molar-refractivity contribution in [3.8, 4) is 17.7 Å². The predicted molar refractivity (Wildman–Crippen MR) is 49.1 cm³/mol. The minimum atomic E-state index is 0.451. The first kappa shape index (κ1) is 9.49. The van der Waals surface area contributed by atoms with Crippen molar-refractivity contribution in [2.45, 2.75) is 6.42 Å². The highest BCUT2D eigenvalue weighted by Gasteiger charge is 1.99. The fourth-order valence-corrected chi connectivity index (χ4v) is 0.779. The second-order valence-electron chi connectivity index (χ2n) is 2.25. The van der Waals surface area contributed by atoms with Crippen LogP contribution in [-0.2, 0) is 0 Å². The maximum absolute atomic E-state index is 5.29. The third kappa shape index (κ3) is 2.73. The molecule has 0 aromatic carbocycles. The molecule has 1 rings (SSSR count). The maximum Gasteiger partial charge on any atom is 0.248 e. The first-order chi connectivity index (χ1) is 6.38. The van der Waals surface area contributed by atoms with Crippen molar-refractivity contribution in [3.63, 3.8) is 0 Å². The van der Waals surface area contributed by atoms with E-state index in [1.54, 1.807) is 12.4 Å². The number of methoxy groups -OCH3 is 1. The zero-order chi connectivity index (χ0) is 9.52. The Labute approximate surface area is 77.1 Å². The molecule has 0 aliphatic rings. The molecule has 0 aliphatic carbocycles. The molecule has 1 heterocycles. The van der Waals surface area contributed by atoms with Crippen LogP contribution in [0.5, 0.6) is 5.88 Å². The Balaban J connectivity index is 2.82. The lowest BCUT2D eigenvalue weighted by atomic mass is 10.3. The molecule has 4 heteroatoms. The highest BCUT2D eigenvalue weighted by atomic mass is 16.5. The second kappa shape index (κ2) is 5.12. The summed E-state index contributed by atoms with van der Waals surface area (Å²) in [5, 5.41) is 0. The molecule has 68 valence electrons. The Hall–Kier alpha value is -1.60. The van der Waals surface area contributed by atoms with Crippen molar-refractivity contribution in [2.24, 2.45) is 5.73 Å². The van der Waals surface area contributed by atoms with Crippen LogP contribution in [-0.4, -0.2) is 23.6 Å². The lowest BCUT2D eigenvalue weighted by Gasteiger charge is -1.98. The SMILES string of the molecule is COc1nccnc1C#CCCN. The van der Waals surface area contributed by atoms with Crippen molar-refractivity contribution in [1.82, 2.24) is 9.97 Å². The van der Waals surface area contributed by atoms with E-state index >= 15 is 0 Å². The van der Waals surface area contributed by atoms with E-state index in [-0.39, 0.29) is 0 Å². The average Bonchev–Trinajstić information content (AvgIpc) is 2.19. The summed E-state index contributed by atoms with van der Waals surface area (Å²) in [5.74, 6) is 6.16. The molecule has 0 bridgehead atoms. The molecule has 0 saturated heterocycles. The molecule has 2 N–H and O–H groups in total. The average molecular weight is 177 g/mol. The molecular weight excluding hydrogens is 166 g/mol. The topological polar surface area (TPSA) is 61.0 Å². The number of aromatic nitrogens is 2. The van der Waals surface area contributed by atoms with Gasteiger partial charge in [-0.05, 0) is 5.92 Å². The van der Waals surface area contributed by atoms with E-state index in [0.717, 1.165) is 0 Å². The first-order valence-electron chi connectivity index (χ1n) is 3.92. The fourth-order valence-electron chi connectivity index (χ4n) is 0.779. The molecule has 4 nitrogen and oxygen atoms in total. The van der Waals surface area contributed by atoms with Crippen LogP contribution in [0.1, 0.15) is 12.1 Å². The number of ether oxygens (including phenoxy) is 1. The van der Waals surface area contributed by atoms with Gasteiger partial charge >= 0.3 is 0 Å². The van der Waals surface area contributed by atoms with Crippen LogP contribution in [0.25, 0.3) is 0 Å². The van der Waals surface area contributed by atoms with E-state index < -0.39 is 0 Å². The van der Waals surface area contributed by atoms with E-state index in [1.807, 2.05) is 0 Å². The highest BCUT2D eigenvalue weighted by molar-refractivity contribution is 5.35.